The zero-order valence-corrected chi connectivity index (χ0v) is 14.0. The van der Waals surface area contributed by atoms with Gasteiger partial charge in [0, 0.05) is 0 Å². The molecule has 0 aliphatic rings. The third-order valence-electron chi connectivity index (χ3n) is 3.17. The molecule has 0 atom stereocenters. The second-order valence-electron chi connectivity index (χ2n) is 4.63. The van der Waals surface area contributed by atoms with E-state index in [1.165, 1.54) is 4.46 Å². The molecular formula is C18H15OPSe. The molecule has 3 aromatic rings. The number of rotatable bonds is 4. The summed E-state index contributed by atoms with van der Waals surface area (Å²) in [5.74, 6) is -2.58. The van der Waals surface area contributed by atoms with Crippen LogP contribution in [0.3, 0.4) is 0 Å². The molecule has 0 bridgehead atoms. The van der Waals surface area contributed by atoms with Crippen LogP contribution in [0.1, 0.15) is 0 Å². The van der Waals surface area contributed by atoms with Gasteiger partial charge >= 0.3 is 131 Å². The van der Waals surface area contributed by atoms with E-state index >= 15 is 0 Å². The van der Waals surface area contributed by atoms with Gasteiger partial charge in [-0.25, -0.2) is 0 Å². The predicted molar refractivity (Wildman–Crippen MR) is 91.6 cm³/mol. The molecule has 0 aromatic heterocycles. The van der Waals surface area contributed by atoms with Gasteiger partial charge in [-0.3, -0.25) is 0 Å². The normalized spacial score (nSPS) is 11.2. The molecule has 0 spiro atoms. The first-order valence-electron chi connectivity index (χ1n) is 6.75. The van der Waals surface area contributed by atoms with Crippen LogP contribution in [0.15, 0.2) is 91.0 Å². The van der Waals surface area contributed by atoms with E-state index in [1.54, 1.807) is 0 Å². The molecule has 0 N–H and O–H groups in total. The summed E-state index contributed by atoms with van der Waals surface area (Å²) in [7, 11) is 0. The van der Waals surface area contributed by atoms with E-state index in [9.17, 15) is 4.57 Å². The van der Waals surface area contributed by atoms with Crippen molar-refractivity contribution < 1.29 is 4.57 Å². The molecule has 1 nitrogen and oxygen atoms in total. The van der Waals surface area contributed by atoms with E-state index in [2.05, 4.69) is 12.1 Å². The molecule has 3 heteroatoms. The van der Waals surface area contributed by atoms with Crippen LogP contribution < -0.4 is 15.1 Å². The first kappa shape index (κ1) is 14.4. The molecule has 0 fully saturated rings. The van der Waals surface area contributed by atoms with Crippen LogP contribution in [0.4, 0.5) is 0 Å². The van der Waals surface area contributed by atoms with Crippen molar-refractivity contribution in [2.45, 2.75) is 0 Å². The third-order valence-corrected chi connectivity index (χ3v) is 11.8. The van der Waals surface area contributed by atoms with Crippen LogP contribution >= 0.6 is 5.83 Å². The Morgan fingerprint density at radius 3 is 1.38 bits per heavy atom. The molecule has 21 heavy (non-hydrogen) atoms. The molecule has 3 rings (SSSR count). The number of benzene rings is 3. The van der Waals surface area contributed by atoms with Gasteiger partial charge in [-0.1, -0.05) is 0 Å². The Bertz CT molecular complexity index is 698. The van der Waals surface area contributed by atoms with Gasteiger partial charge in [-0.15, -0.1) is 0 Å². The Balaban J connectivity index is 2.10. The molecular weight excluding hydrogens is 342 g/mol. The summed E-state index contributed by atoms with van der Waals surface area (Å²) >= 11 is -0.114. The zero-order chi connectivity index (χ0) is 14.5. The Morgan fingerprint density at radius 1 is 0.571 bits per heavy atom. The van der Waals surface area contributed by atoms with Gasteiger partial charge in [0.1, 0.15) is 0 Å². The van der Waals surface area contributed by atoms with Crippen LogP contribution in [0.5, 0.6) is 0 Å². The van der Waals surface area contributed by atoms with Crippen LogP contribution in [0.2, 0.25) is 0 Å². The molecule has 0 aliphatic carbocycles. The van der Waals surface area contributed by atoms with Gasteiger partial charge in [-0.05, 0) is 0 Å². The van der Waals surface area contributed by atoms with Gasteiger partial charge in [-0.2, -0.15) is 0 Å². The van der Waals surface area contributed by atoms with E-state index in [4.69, 9.17) is 0 Å². The van der Waals surface area contributed by atoms with Crippen molar-refractivity contribution in [2.75, 3.05) is 0 Å². The predicted octanol–water partition coefficient (Wildman–Crippen LogP) is 2.95. The SMILES string of the molecule is O=P([Se]c1ccccc1)(c1ccccc1)c1ccccc1. The summed E-state index contributed by atoms with van der Waals surface area (Å²) in [6.07, 6.45) is 0. The molecule has 0 radical (unpaired) electrons. The minimum atomic E-state index is -2.58. The van der Waals surface area contributed by atoms with Gasteiger partial charge in [0.2, 0.25) is 0 Å². The van der Waals surface area contributed by atoms with E-state index in [0.717, 1.165) is 10.6 Å². The van der Waals surface area contributed by atoms with Crippen LogP contribution in [-0.4, -0.2) is 14.5 Å². The maximum absolute atomic E-state index is 13.8. The van der Waals surface area contributed by atoms with Crippen molar-refractivity contribution in [1.82, 2.24) is 0 Å². The summed E-state index contributed by atoms with van der Waals surface area (Å²) < 4.78 is 15.0. The van der Waals surface area contributed by atoms with Crippen molar-refractivity contribution in [3.05, 3.63) is 91.0 Å². The summed E-state index contributed by atoms with van der Waals surface area (Å²) in [6, 6.07) is 29.9. The van der Waals surface area contributed by atoms with Gasteiger partial charge in [0.25, 0.3) is 0 Å². The first-order chi connectivity index (χ1) is 10.3. The van der Waals surface area contributed by atoms with Crippen molar-refractivity contribution >= 4 is 35.4 Å². The minimum absolute atomic E-state index is 0.114. The standard InChI is InChI=1S/C18H15OPSe/c19-20(16-10-4-1-5-11-16,17-12-6-2-7-13-17)21-18-14-8-3-9-15-18/h1-15H. The summed E-state index contributed by atoms with van der Waals surface area (Å²) in [6.45, 7) is 0. The van der Waals surface area contributed by atoms with E-state index in [0.29, 0.717) is 0 Å². The average Bonchev–Trinajstić information content (AvgIpc) is 2.57. The molecule has 3 aromatic carbocycles. The maximum atomic E-state index is 13.8. The molecule has 0 heterocycles. The van der Waals surface area contributed by atoms with Crippen molar-refractivity contribution in [2.24, 2.45) is 0 Å². The fourth-order valence-electron chi connectivity index (χ4n) is 2.13. The molecule has 0 saturated heterocycles. The number of hydrogen-bond acceptors (Lipinski definition) is 1. The third kappa shape index (κ3) is 3.19. The van der Waals surface area contributed by atoms with E-state index in [-0.39, 0.29) is 14.5 Å². The van der Waals surface area contributed by atoms with Gasteiger partial charge in [0.15, 0.2) is 0 Å². The molecule has 0 amide bonds. The van der Waals surface area contributed by atoms with E-state index < -0.39 is 5.83 Å². The van der Waals surface area contributed by atoms with Crippen molar-refractivity contribution in [3.8, 4) is 0 Å². The zero-order valence-electron chi connectivity index (χ0n) is 11.4. The fourth-order valence-corrected chi connectivity index (χ4v) is 10.0. The van der Waals surface area contributed by atoms with Gasteiger partial charge in [0.05, 0.1) is 0 Å². The van der Waals surface area contributed by atoms with Gasteiger partial charge < -0.3 is 0 Å². The topological polar surface area (TPSA) is 17.1 Å². The summed E-state index contributed by atoms with van der Waals surface area (Å²) in [4.78, 5) is 0. The van der Waals surface area contributed by atoms with Crippen LogP contribution in [0, 0.1) is 0 Å². The Labute approximate surface area is 131 Å². The van der Waals surface area contributed by atoms with Crippen LogP contribution in [-0.2, 0) is 4.57 Å². The molecule has 0 unspecified atom stereocenters. The van der Waals surface area contributed by atoms with Crippen LogP contribution in [0.25, 0.3) is 0 Å². The van der Waals surface area contributed by atoms with Crippen molar-refractivity contribution in [1.29, 1.82) is 0 Å². The Morgan fingerprint density at radius 2 is 0.952 bits per heavy atom. The Kier molecular flexibility index (Phi) is 4.41. The van der Waals surface area contributed by atoms with E-state index in [1.807, 2.05) is 78.9 Å². The second-order valence-corrected chi connectivity index (χ2v) is 12.3. The molecule has 104 valence electrons. The second kappa shape index (κ2) is 6.45. The quantitative estimate of drug-likeness (QED) is 0.518. The average molecular weight is 357 g/mol. The first-order valence-corrected chi connectivity index (χ1v) is 11.5. The Hall–Kier alpha value is -1.59. The summed E-state index contributed by atoms with van der Waals surface area (Å²) in [5.41, 5.74) is 0. The number of hydrogen-bond donors (Lipinski definition) is 0. The summed E-state index contributed by atoms with van der Waals surface area (Å²) in [5, 5.41) is 1.89. The molecule has 0 aliphatic heterocycles. The molecule has 0 saturated carbocycles. The van der Waals surface area contributed by atoms with Crippen molar-refractivity contribution in [3.63, 3.8) is 0 Å². The monoisotopic (exact) mass is 358 g/mol. The fraction of sp³-hybridized carbons (Fsp3) is 0.